The van der Waals surface area contributed by atoms with E-state index in [1.54, 1.807) is 17.0 Å². The number of hydrogen-bond donors (Lipinski definition) is 1. The first kappa shape index (κ1) is 14.9. The van der Waals surface area contributed by atoms with Crippen LogP contribution in [-0.2, 0) is 11.8 Å². The first-order valence-electron chi connectivity index (χ1n) is 7.53. The monoisotopic (exact) mass is 317 g/mol. The molecule has 2 heterocycles. The molecule has 0 radical (unpaired) electrons. The Morgan fingerprint density at radius 2 is 2.18 bits per heavy atom. The minimum atomic E-state index is -0.201. The minimum absolute atomic E-state index is 0.201. The summed E-state index contributed by atoms with van der Waals surface area (Å²) in [4.78, 5) is 11.9. The molecule has 1 fully saturated rings. The Bertz CT molecular complexity index is 669. The predicted molar refractivity (Wildman–Crippen MR) is 86.6 cm³/mol. The van der Waals surface area contributed by atoms with Gasteiger partial charge in [-0.15, -0.1) is 10.2 Å². The van der Waals surface area contributed by atoms with Gasteiger partial charge in [-0.3, -0.25) is 14.8 Å². The van der Waals surface area contributed by atoms with Crippen molar-refractivity contribution >= 4 is 28.5 Å². The van der Waals surface area contributed by atoms with Crippen molar-refractivity contribution in [3.05, 3.63) is 29.0 Å². The van der Waals surface area contributed by atoms with Crippen LogP contribution in [0.4, 0.5) is 5.13 Å². The standard InChI is InChI=1S/C15H19N5OS/c1-20-12(9-10-16-20)7-8-13(21)17-15-19-18-14(22-15)11-5-3-2-4-6-11/h7-11H,2-6H2,1H3,(H,17,19,21). The smallest absolute Gasteiger partial charge is 0.250 e. The molecule has 0 bridgehead atoms. The number of hydrogen-bond acceptors (Lipinski definition) is 5. The van der Waals surface area contributed by atoms with Crippen LogP contribution in [-0.4, -0.2) is 25.9 Å². The van der Waals surface area contributed by atoms with E-state index in [0.717, 1.165) is 10.7 Å². The summed E-state index contributed by atoms with van der Waals surface area (Å²) < 4.78 is 1.70. The molecule has 0 atom stereocenters. The van der Waals surface area contributed by atoms with Crippen LogP contribution in [0.1, 0.15) is 48.7 Å². The molecular formula is C15H19N5OS. The van der Waals surface area contributed by atoms with Crippen molar-refractivity contribution in [3.8, 4) is 0 Å². The van der Waals surface area contributed by atoms with Crippen LogP contribution >= 0.6 is 11.3 Å². The summed E-state index contributed by atoms with van der Waals surface area (Å²) in [5, 5.41) is 16.7. The molecule has 1 amide bonds. The highest BCUT2D eigenvalue weighted by Crippen LogP contribution is 2.35. The first-order valence-corrected chi connectivity index (χ1v) is 8.34. The maximum atomic E-state index is 11.9. The number of carbonyl (C=O) groups is 1. The summed E-state index contributed by atoms with van der Waals surface area (Å²) in [6, 6.07) is 1.84. The van der Waals surface area contributed by atoms with Gasteiger partial charge in [0.2, 0.25) is 11.0 Å². The third-order valence-electron chi connectivity index (χ3n) is 3.89. The Balaban J connectivity index is 1.58. The molecule has 22 heavy (non-hydrogen) atoms. The molecule has 1 aliphatic rings. The molecule has 0 aliphatic heterocycles. The fourth-order valence-electron chi connectivity index (χ4n) is 2.66. The lowest BCUT2D eigenvalue weighted by Crippen LogP contribution is -2.07. The maximum absolute atomic E-state index is 11.9. The molecule has 0 saturated heterocycles. The van der Waals surface area contributed by atoms with Crippen LogP contribution in [0.15, 0.2) is 18.3 Å². The van der Waals surface area contributed by atoms with E-state index >= 15 is 0 Å². The topological polar surface area (TPSA) is 72.7 Å². The summed E-state index contributed by atoms with van der Waals surface area (Å²) in [5.74, 6) is 0.314. The van der Waals surface area contributed by atoms with Crippen LogP contribution in [0.3, 0.4) is 0 Å². The second-order valence-corrected chi connectivity index (χ2v) is 6.49. The maximum Gasteiger partial charge on any atom is 0.250 e. The van der Waals surface area contributed by atoms with Crippen LogP contribution in [0, 0.1) is 0 Å². The van der Waals surface area contributed by atoms with Crippen LogP contribution in [0.2, 0.25) is 0 Å². The Morgan fingerprint density at radius 1 is 1.36 bits per heavy atom. The summed E-state index contributed by atoms with van der Waals surface area (Å²) in [5.41, 5.74) is 0.871. The average molecular weight is 317 g/mol. The van der Waals surface area contributed by atoms with Crippen molar-refractivity contribution in [2.75, 3.05) is 5.32 Å². The van der Waals surface area contributed by atoms with Gasteiger partial charge < -0.3 is 0 Å². The van der Waals surface area contributed by atoms with Gasteiger partial charge in [-0.25, -0.2) is 0 Å². The number of amides is 1. The van der Waals surface area contributed by atoms with E-state index in [1.165, 1.54) is 49.5 Å². The summed E-state index contributed by atoms with van der Waals surface area (Å²) >= 11 is 1.49. The molecule has 0 aromatic carbocycles. The molecule has 7 heteroatoms. The molecule has 3 rings (SSSR count). The number of nitrogens with zero attached hydrogens (tertiary/aromatic N) is 4. The first-order chi connectivity index (χ1) is 10.7. The lowest BCUT2D eigenvalue weighted by molar-refractivity contribution is -0.111. The van der Waals surface area contributed by atoms with Gasteiger partial charge in [0.25, 0.3) is 0 Å². The molecule has 1 aliphatic carbocycles. The number of anilines is 1. The van der Waals surface area contributed by atoms with Gasteiger partial charge in [-0.05, 0) is 25.0 Å². The molecule has 2 aromatic rings. The van der Waals surface area contributed by atoms with E-state index in [9.17, 15) is 4.79 Å². The van der Waals surface area contributed by atoms with E-state index in [2.05, 4.69) is 20.6 Å². The van der Waals surface area contributed by atoms with E-state index in [4.69, 9.17) is 0 Å². The SMILES string of the molecule is Cn1nccc1C=CC(=O)Nc1nnc(C2CCCCC2)s1. The third-order valence-corrected chi connectivity index (χ3v) is 4.89. The lowest BCUT2D eigenvalue weighted by Gasteiger charge is -2.18. The molecule has 1 saturated carbocycles. The van der Waals surface area contributed by atoms with Crippen molar-refractivity contribution in [1.29, 1.82) is 0 Å². The second kappa shape index (κ2) is 6.83. The van der Waals surface area contributed by atoms with Gasteiger partial charge in [0.05, 0.1) is 5.69 Å². The Hall–Kier alpha value is -2.02. The Labute approximate surface area is 133 Å². The van der Waals surface area contributed by atoms with E-state index in [-0.39, 0.29) is 5.91 Å². The largest absolute Gasteiger partial charge is 0.297 e. The third kappa shape index (κ3) is 3.59. The number of nitrogens with one attached hydrogen (secondary N) is 1. The Kier molecular flexibility index (Phi) is 4.62. The van der Waals surface area contributed by atoms with Gasteiger partial charge >= 0.3 is 0 Å². The summed E-state index contributed by atoms with van der Waals surface area (Å²) in [6.07, 6.45) is 11.1. The zero-order valence-electron chi connectivity index (χ0n) is 12.5. The normalized spacial score (nSPS) is 16.2. The highest BCUT2D eigenvalue weighted by atomic mass is 32.1. The zero-order chi connectivity index (χ0) is 15.4. The van der Waals surface area contributed by atoms with Gasteiger partial charge in [0.15, 0.2) is 0 Å². The van der Waals surface area contributed by atoms with Crippen molar-refractivity contribution in [3.63, 3.8) is 0 Å². The molecule has 0 unspecified atom stereocenters. The van der Waals surface area contributed by atoms with Gasteiger partial charge in [-0.2, -0.15) is 5.10 Å². The quantitative estimate of drug-likeness (QED) is 0.880. The van der Waals surface area contributed by atoms with Crippen molar-refractivity contribution in [1.82, 2.24) is 20.0 Å². The van der Waals surface area contributed by atoms with Crippen LogP contribution in [0.25, 0.3) is 6.08 Å². The predicted octanol–water partition coefficient (Wildman–Crippen LogP) is 2.97. The van der Waals surface area contributed by atoms with Crippen molar-refractivity contribution < 1.29 is 4.79 Å². The average Bonchev–Trinajstić information content (AvgIpc) is 3.15. The second-order valence-electron chi connectivity index (χ2n) is 5.48. The van der Waals surface area contributed by atoms with Gasteiger partial charge in [0.1, 0.15) is 5.01 Å². The summed E-state index contributed by atoms with van der Waals surface area (Å²) in [6.45, 7) is 0. The van der Waals surface area contributed by atoms with E-state index < -0.39 is 0 Å². The number of carbonyl (C=O) groups excluding carboxylic acids is 1. The lowest BCUT2D eigenvalue weighted by atomic mass is 9.90. The molecule has 2 aromatic heterocycles. The fraction of sp³-hybridized carbons (Fsp3) is 0.467. The molecule has 6 nitrogen and oxygen atoms in total. The summed E-state index contributed by atoms with van der Waals surface area (Å²) in [7, 11) is 1.83. The van der Waals surface area contributed by atoms with E-state index in [0.29, 0.717) is 11.0 Å². The zero-order valence-corrected chi connectivity index (χ0v) is 13.3. The molecule has 0 spiro atoms. The fourth-order valence-corrected chi connectivity index (χ4v) is 3.57. The van der Waals surface area contributed by atoms with E-state index in [1.807, 2.05) is 13.1 Å². The minimum Gasteiger partial charge on any atom is -0.297 e. The molecule has 1 N–H and O–H groups in total. The van der Waals surface area contributed by atoms with Crippen molar-refractivity contribution in [2.24, 2.45) is 7.05 Å². The van der Waals surface area contributed by atoms with Crippen LogP contribution < -0.4 is 5.32 Å². The van der Waals surface area contributed by atoms with Crippen molar-refractivity contribution in [2.45, 2.75) is 38.0 Å². The number of rotatable bonds is 4. The molecular weight excluding hydrogens is 298 g/mol. The highest BCUT2D eigenvalue weighted by Gasteiger charge is 2.19. The number of aromatic nitrogens is 4. The highest BCUT2D eigenvalue weighted by molar-refractivity contribution is 7.15. The molecule has 116 valence electrons. The van der Waals surface area contributed by atoms with Gasteiger partial charge in [-0.1, -0.05) is 30.6 Å². The Morgan fingerprint density at radius 3 is 2.91 bits per heavy atom. The number of aryl methyl sites for hydroxylation is 1. The van der Waals surface area contributed by atoms with Gasteiger partial charge in [0, 0.05) is 25.2 Å². The van der Waals surface area contributed by atoms with Crippen LogP contribution in [0.5, 0.6) is 0 Å².